The monoisotopic (exact) mass is 346 g/mol. The molecule has 25 heavy (non-hydrogen) atoms. The molecule has 1 saturated carbocycles. The first kappa shape index (κ1) is 19.3. The van der Waals surface area contributed by atoms with E-state index in [0.717, 1.165) is 25.7 Å². The molecular formula is C20H30N2O3. The number of ether oxygens (including phenoxy) is 1. The van der Waals surface area contributed by atoms with Crippen LogP contribution in [0.2, 0.25) is 0 Å². The molecule has 1 aromatic carbocycles. The summed E-state index contributed by atoms with van der Waals surface area (Å²) < 4.78 is 5.33. The van der Waals surface area contributed by atoms with E-state index in [2.05, 4.69) is 22.8 Å². The Bertz CT molecular complexity index is 572. The molecule has 1 aliphatic rings. The molecule has 1 fully saturated rings. The van der Waals surface area contributed by atoms with Crippen LogP contribution in [0.4, 0.5) is 4.79 Å². The highest BCUT2D eigenvalue weighted by Gasteiger charge is 2.43. The van der Waals surface area contributed by atoms with E-state index >= 15 is 0 Å². The summed E-state index contributed by atoms with van der Waals surface area (Å²) in [5.41, 5.74) is -0.135. The summed E-state index contributed by atoms with van der Waals surface area (Å²) in [6, 6.07) is 10.2. The first-order valence-electron chi connectivity index (χ1n) is 9.14. The van der Waals surface area contributed by atoms with Gasteiger partial charge in [0.25, 0.3) is 0 Å². The zero-order chi connectivity index (χ0) is 18.3. The van der Waals surface area contributed by atoms with Gasteiger partial charge in [0.15, 0.2) is 0 Å². The smallest absolute Gasteiger partial charge is 0.408 e. The Balaban J connectivity index is 1.84. The summed E-state index contributed by atoms with van der Waals surface area (Å²) in [6.07, 6.45) is 4.48. The van der Waals surface area contributed by atoms with Gasteiger partial charge in [-0.1, -0.05) is 43.2 Å². The number of aryl methyl sites for hydroxylation is 1. The Morgan fingerprint density at radius 1 is 1.12 bits per heavy atom. The van der Waals surface area contributed by atoms with Gasteiger partial charge in [-0.3, -0.25) is 4.79 Å². The van der Waals surface area contributed by atoms with Crippen molar-refractivity contribution in [1.82, 2.24) is 10.6 Å². The van der Waals surface area contributed by atoms with Crippen LogP contribution in [0.25, 0.3) is 0 Å². The minimum atomic E-state index is -0.824. The number of amides is 2. The molecule has 5 heteroatoms. The number of nitrogens with one attached hydrogen (secondary N) is 2. The van der Waals surface area contributed by atoms with Gasteiger partial charge in [-0.05, 0) is 52.0 Å². The quantitative estimate of drug-likeness (QED) is 0.774. The van der Waals surface area contributed by atoms with Crippen molar-refractivity contribution in [3.05, 3.63) is 35.9 Å². The SMILES string of the molecule is CC(C)(C)OC(=O)NC1(C(=O)NCCCc2ccccc2)CCCC1. The van der Waals surface area contributed by atoms with Gasteiger partial charge in [-0.2, -0.15) is 0 Å². The van der Waals surface area contributed by atoms with Crippen molar-refractivity contribution >= 4 is 12.0 Å². The van der Waals surface area contributed by atoms with Crippen molar-refractivity contribution in [2.75, 3.05) is 6.54 Å². The molecule has 0 heterocycles. The van der Waals surface area contributed by atoms with Gasteiger partial charge in [0.05, 0.1) is 0 Å². The van der Waals surface area contributed by atoms with Gasteiger partial charge in [0, 0.05) is 6.54 Å². The number of benzene rings is 1. The summed E-state index contributed by atoms with van der Waals surface area (Å²) in [6.45, 7) is 6.05. The lowest BCUT2D eigenvalue weighted by Crippen LogP contribution is -2.58. The highest BCUT2D eigenvalue weighted by molar-refractivity contribution is 5.90. The van der Waals surface area contributed by atoms with Gasteiger partial charge in [-0.25, -0.2) is 4.79 Å². The topological polar surface area (TPSA) is 67.4 Å². The van der Waals surface area contributed by atoms with Crippen LogP contribution in [0.5, 0.6) is 0 Å². The zero-order valence-corrected chi connectivity index (χ0v) is 15.6. The van der Waals surface area contributed by atoms with Gasteiger partial charge >= 0.3 is 6.09 Å². The lowest BCUT2D eigenvalue weighted by Gasteiger charge is -2.30. The Kier molecular flexibility index (Phi) is 6.45. The lowest BCUT2D eigenvalue weighted by atomic mass is 9.96. The number of alkyl carbamates (subject to hydrolysis) is 1. The maximum absolute atomic E-state index is 12.7. The minimum absolute atomic E-state index is 0.0936. The molecule has 0 bridgehead atoms. The third-order valence-corrected chi connectivity index (χ3v) is 4.40. The van der Waals surface area contributed by atoms with E-state index in [1.54, 1.807) is 0 Å². The predicted molar refractivity (Wildman–Crippen MR) is 98.3 cm³/mol. The largest absolute Gasteiger partial charge is 0.444 e. The van der Waals surface area contributed by atoms with Crippen LogP contribution >= 0.6 is 0 Å². The Hall–Kier alpha value is -2.04. The van der Waals surface area contributed by atoms with Gasteiger partial charge in [-0.15, -0.1) is 0 Å². The molecular weight excluding hydrogens is 316 g/mol. The molecule has 0 aromatic heterocycles. The van der Waals surface area contributed by atoms with E-state index in [-0.39, 0.29) is 5.91 Å². The molecule has 0 atom stereocenters. The Morgan fingerprint density at radius 3 is 2.36 bits per heavy atom. The maximum atomic E-state index is 12.7. The molecule has 0 aliphatic heterocycles. The Labute approximate surface area is 150 Å². The molecule has 2 amide bonds. The van der Waals surface area contributed by atoms with E-state index in [9.17, 15) is 9.59 Å². The second-order valence-electron chi connectivity index (χ2n) is 7.76. The third-order valence-electron chi connectivity index (χ3n) is 4.40. The van der Waals surface area contributed by atoms with Crippen molar-refractivity contribution in [2.24, 2.45) is 0 Å². The maximum Gasteiger partial charge on any atom is 0.408 e. The van der Waals surface area contributed by atoms with E-state index in [1.165, 1.54) is 5.56 Å². The first-order valence-corrected chi connectivity index (χ1v) is 9.14. The van der Waals surface area contributed by atoms with Gasteiger partial charge < -0.3 is 15.4 Å². The molecule has 0 radical (unpaired) electrons. The van der Waals surface area contributed by atoms with Crippen LogP contribution in [0.1, 0.15) is 58.4 Å². The number of carbonyl (C=O) groups excluding carboxylic acids is 2. The first-order chi connectivity index (χ1) is 11.8. The zero-order valence-electron chi connectivity index (χ0n) is 15.6. The third kappa shape index (κ3) is 6.07. The van der Waals surface area contributed by atoms with Gasteiger partial charge in [0.2, 0.25) is 5.91 Å². The molecule has 0 saturated heterocycles. The van der Waals surface area contributed by atoms with Crippen LogP contribution in [0.3, 0.4) is 0 Å². The highest BCUT2D eigenvalue weighted by atomic mass is 16.6. The van der Waals surface area contributed by atoms with Crippen molar-refractivity contribution in [1.29, 1.82) is 0 Å². The number of hydrogen-bond donors (Lipinski definition) is 2. The van der Waals surface area contributed by atoms with Gasteiger partial charge in [0.1, 0.15) is 11.1 Å². The van der Waals surface area contributed by atoms with E-state index in [0.29, 0.717) is 19.4 Å². The van der Waals surface area contributed by atoms with E-state index < -0.39 is 17.2 Å². The predicted octanol–water partition coefficient (Wildman–Crippen LogP) is 3.57. The molecule has 2 N–H and O–H groups in total. The molecule has 138 valence electrons. The van der Waals surface area contributed by atoms with Crippen molar-refractivity contribution in [3.8, 4) is 0 Å². The molecule has 2 rings (SSSR count). The highest BCUT2D eigenvalue weighted by Crippen LogP contribution is 2.30. The van der Waals surface area contributed by atoms with Crippen LogP contribution in [-0.2, 0) is 16.0 Å². The summed E-state index contributed by atoms with van der Waals surface area (Å²) in [5, 5.41) is 5.83. The fourth-order valence-electron chi connectivity index (χ4n) is 3.19. The van der Waals surface area contributed by atoms with Crippen molar-refractivity contribution < 1.29 is 14.3 Å². The van der Waals surface area contributed by atoms with Crippen LogP contribution in [0.15, 0.2) is 30.3 Å². The van der Waals surface area contributed by atoms with Crippen LogP contribution in [-0.4, -0.2) is 29.7 Å². The normalized spacial score (nSPS) is 16.3. The van der Waals surface area contributed by atoms with Crippen LogP contribution < -0.4 is 10.6 Å². The average molecular weight is 346 g/mol. The fourth-order valence-corrected chi connectivity index (χ4v) is 3.19. The molecule has 5 nitrogen and oxygen atoms in total. The number of hydrogen-bond acceptors (Lipinski definition) is 3. The summed E-state index contributed by atoms with van der Waals surface area (Å²) in [4.78, 5) is 24.8. The molecule has 1 aromatic rings. The summed E-state index contributed by atoms with van der Waals surface area (Å²) in [7, 11) is 0. The lowest BCUT2D eigenvalue weighted by molar-refractivity contribution is -0.127. The number of carbonyl (C=O) groups is 2. The molecule has 0 spiro atoms. The van der Waals surface area contributed by atoms with Crippen molar-refractivity contribution in [3.63, 3.8) is 0 Å². The fraction of sp³-hybridized carbons (Fsp3) is 0.600. The second-order valence-corrected chi connectivity index (χ2v) is 7.76. The van der Waals surface area contributed by atoms with Crippen LogP contribution in [0, 0.1) is 0 Å². The summed E-state index contributed by atoms with van der Waals surface area (Å²) >= 11 is 0. The number of rotatable bonds is 6. The Morgan fingerprint density at radius 2 is 1.76 bits per heavy atom. The van der Waals surface area contributed by atoms with E-state index in [4.69, 9.17) is 4.74 Å². The molecule has 1 aliphatic carbocycles. The standard InChI is InChI=1S/C20H30N2O3/c1-19(2,3)25-18(24)22-20(13-7-8-14-20)17(23)21-15-9-12-16-10-5-4-6-11-16/h4-6,10-11H,7-9,12-15H2,1-3H3,(H,21,23)(H,22,24). The second kappa shape index (κ2) is 8.37. The molecule has 0 unspecified atom stereocenters. The summed E-state index contributed by atoms with van der Waals surface area (Å²) in [5.74, 6) is -0.0936. The van der Waals surface area contributed by atoms with Crippen molar-refractivity contribution in [2.45, 2.75) is 70.4 Å². The average Bonchev–Trinajstić information content (AvgIpc) is 3.00. The van der Waals surface area contributed by atoms with E-state index in [1.807, 2.05) is 39.0 Å². The minimum Gasteiger partial charge on any atom is -0.444 e.